The van der Waals surface area contributed by atoms with Crippen LogP contribution in [-0.4, -0.2) is 18.3 Å². The summed E-state index contributed by atoms with van der Waals surface area (Å²) in [6.07, 6.45) is 3.76. The van der Waals surface area contributed by atoms with Crippen LogP contribution in [0.2, 0.25) is 0 Å². The molecule has 0 atom stereocenters. The first-order valence-electron chi connectivity index (χ1n) is 10.5. The summed E-state index contributed by atoms with van der Waals surface area (Å²) in [6, 6.07) is 3.96. The Morgan fingerprint density at radius 1 is 0.857 bits per heavy atom. The molecule has 1 N–H and O–H groups in total. The summed E-state index contributed by atoms with van der Waals surface area (Å²) in [7, 11) is -3.18. The first-order chi connectivity index (χ1) is 12.8. The van der Waals surface area contributed by atoms with Crippen LogP contribution >= 0.6 is 7.60 Å². The van der Waals surface area contributed by atoms with E-state index in [1.807, 2.05) is 26.0 Å². The third-order valence-electron chi connectivity index (χ3n) is 4.64. The van der Waals surface area contributed by atoms with Crippen LogP contribution in [0.4, 0.5) is 0 Å². The zero-order chi connectivity index (χ0) is 21.6. The van der Waals surface area contributed by atoms with Crippen LogP contribution in [0.5, 0.6) is 5.75 Å². The van der Waals surface area contributed by atoms with Crippen molar-refractivity contribution in [3.05, 3.63) is 28.8 Å². The molecule has 0 bridgehead atoms. The smallest absolute Gasteiger partial charge is 0.335 e. The van der Waals surface area contributed by atoms with Gasteiger partial charge in [-0.05, 0) is 67.1 Å². The van der Waals surface area contributed by atoms with Crippen molar-refractivity contribution >= 4 is 7.60 Å². The standard InChI is InChI=1S/C23H41O4P/c1-9-26-28(25,27-10-2)17-18-15-19(11-13-22(3,4)5)21(24)20(16-18)12-14-23(6,7)8/h15-16,24H,9-14,17H2,1-8H3. The quantitative estimate of drug-likeness (QED) is 0.416. The molecule has 0 aliphatic rings. The highest BCUT2D eigenvalue weighted by molar-refractivity contribution is 7.53. The predicted octanol–water partition coefficient (Wildman–Crippen LogP) is 7.12. The minimum Gasteiger partial charge on any atom is -0.507 e. The minimum absolute atomic E-state index is 0.181. The summed E-state index contributed by atoms with van der Waals surface area (Å²) >= 11 is 0. The van der Waals surface area contributed by atoms with Crippen molar-refractivity contribution in [3.8, 4) is 5.75 Å². The topological polar surface area (TPSA) is 55.8 Å². The summed E-state index contributed by atoms with van der Waals surface area (Å²) in [5, 5.41) is 10.9. The van der Waals surface area contributed by atoms with Crippen molar-refractivity contribution < 1.29 is 18.7 Å². The molecule has 28 heavy (non-hydrogen) atoms. The Kier molecular flexibility index (Phi) is 9.25. The Labute approximate surface area is 172 Å². The Balaban J connectivity index is 3.24. The van der Waals surface area contributed by atoms with E-state index in [9.17, 15) is 9.67 Å². The fourth-order valence-corrected chi connectivity index (χ4v) is 4.74. The number of phenolic OH excluding ortho intramolecular Hbond substituents is 1. The molecule has 1 aromatic carbocycles. The van der Waals surface area contributed by atoms with E-state index in [4.69, 9.17) is 9.05 Å². The van der Waals surface area contributed by atoms with Crippen LogP contribution in [0.1, 0.15) is 84.9 Å². The van der Waals surface area contributed by atoms with Crippen LogP contribution in [0, 0.1) is 10.8 Å². The lowest BCUT2D eigenvalue weighted by Crippen LogP contribution is -2.09. The Bertz CT molecular complexity index is 619. The van der Waals surface area contributed by atoms with E-state index in [1.165, 1.54) is 0 Å². The van der Waals surface area contributed by atoms with E-state index in [2.05, 4.69) is 41.5 Å². The van der Waals surface area contributed by atoms with Gasteiger partial charge in [-0.3, -0.25) is 4.57 Å². The van der Waals surface area contributed by atoms with Crippen LogP contribution in [-0.2, 0) is 32.6 Å². The summed E-state index contributed by atoms with van der Waals surface area (Å²) in [4.78, 5) is 0. The fraction of sp³-hybridized carbons (Fsp3) is 0.739. The summed E-state index contributed by atoms with van der Waals surface area (Å²) in [5.74, 6) is 0.389. The van der Waals surface area contributed by atoms with Crippen LogP contribution in [0.15, 0.2) is 12.1 Å². The summed E-state index contributed by atoms with van der Waals surface area (Å²) < 4.78 is 24.0. The van der Waals surface area contributed by atoms with Crippen LogP contribution in [0.3, 0.4) is 0 Å². The van der Waals surface area contributed by atoms with E-state index in [0.29, 0.717) is 19.0 Å². The molecule has 0 saturated carbocycles. The van der Waals surface area contributed by atoms with E-state index >= 15 is 0 Å². The molecule has 0 unspecified atom stereocenters. The monoisotopic (exact) mass is 412 g/mol. The molecule has 4 nitrogen and oxygen atoms in total. The third-order valence-corrected chi connectivity index (χ3v) is 6.70. The molecule has 0 heterocycles. The Morgan fingerprint density at radius 2 is 1.25 bits per heavy atom. The van der Waals surface area contributed by atoms with Crippen molar-refractivity contribution in [2.45, 2.75) is 87.2 Å². The number of phenols is 1. The highest BCUT2D eigenvalue weighted by Gasteiger charge is 2.26. The summed E-state index contributed by atoms with van der Waals surface area (Å²) in [6.45, 7) is 17.6. The largest absolute Gasteiger partial charge is 0.507 e. The van der Waals surface area contributed by atoms with E-state index < -0.39 is 7.60 Å². The van der Waals surface area contributed by atoms with Gasteiger partial charge in [0.2, 0.25) is 0 Å². The number of aryl methyl sites for hydroxylation is 2. The number of hydrogen-bond acceptors (Lipinski definition) is 4. The molecule has 0 amide bonds. The van der Waals surface area contributed by atoms with Crippen molar-refractivity contribution in [1.82, 2.24) is 0 Å². The molecular weight excluding hydrogens is 371 g/mol. The first kappa shape index (κ1) is 25.2. The Hall–Kier alpha value is -0.830. The van der Waals surface area contributed by atoms with Gasteiger partial charge in [-0.15, -0.1) is 0 Å². The van der Waals surface area contributed by atoms with Gasteiger partial charge < -0.3 is 14.2 Å². The highest BCUT2D eigenvalue weighted by atomic mass is 31.2. The van der Waals surface area contributed by atoms with Crippen molar-refractivity contribution in [2.24, 2.45) is 10.8 Å². The van der Waals surface area contributed by atoms with Gasteiger partial charge >= 0.3 is 7.60 Å². The average Bonchev–Trinajstić information content (AvgIpc) is 2.52. The second-order valence-corrected chi connectivity index (χ2v) is 12.0. The van der Waals surface area contributed by atoms with Crippen LogP contribution in [0.25, 0.3) is 0 Å². The molecular formula is C23H41O4P. The number of aromatic hydroxyl groups is 1. The van der Waals surface area contributed by atoms with Crippen molar-refractivity contribution in [2.75, 3.05) is 13.2 Å². The molecule has 0 spiro atoms. The SMILES string of the molecule is CCOP(=O)(Cc1cc(CCC(C)(C)C)c(O)c(CCC(C)(C)C)c1)OCC. The maximum Gasteiger partial charge on any atom is 0.335 e. The maximum absolute atomic E-state index is 13.0. The van der Waals surface area contributed by atoms with Gasteiger partial charge in [-0.1, -0.05) is 53.7 Å². The zero-order valence-electron chi connectivity index (χ0n) is 19.2. The molecule has 0 fully saturated rings. The third kappa shape index (κ3) is 9.11. The number of benzene rings is 1. The highest BCUT2D eigenvalue weighted by Crippen LogP contribution is 2.51. The maximum atomic E-state index is 13.0. The van der Waals surface area contributed by atoms with Gasteiger partial charge in [0.15, 0.2) is 0 Å². The van der Waals surface area contributed by atoms with Gasteiger partial charge in [0.05, 0.1) is 19.4 Å². The van der Waals surface area contributed by atoms with Crippen LogP contribution < -0.4 is 0 Å². The molecule has 0 aliphatic heterocycles. The average molecular weight is 413 g/mol. The van der Waals surface area contributed by atoms with Gasteiger partial charge in [-0.25, -0.2) is 0 Å². The van der Waals surface area contributed by atoms with Gasteiger partial charge in [0.1, 0.15) is 5.75 Å². The fourth-order valence-electron chi connectivity index (χ4n) is 3.07. The lowest BCUT2D eigenvalue weighted by molar-refractivity contribution is 0.219. The normalized spacial score (nSPS) is 13.1. The van der Waals surface area contributed by atoms with Gasteiger partial charge in [0, 0.05) is 0 Å². The molecule has 162 valence electrons. The molecule has 0 radical (unpaired) electrons. The van der Waals surface area contributed by atoms with E-state index in [-0.39, 0.29) is 17.0 Å². The Morgan fingerprint density at radius 3 is 1.57 bits per heavy atom. The summed E-state index contributed by atoms with van der Waals surface area (Å²) in [5.41, 5.74) is 3.13. The molecule has 5 heteroatoms. The first-order valence-corrected chi connectivity index (χ1v) is 12.2. The van der Waals surface area contributed by atoms with E-state index in [1.54, 1.807) is 0 Å². The lowest BCUT2D eigenvalue weighted by atomic mass is 9.85. The lowest BCUT2D eigenvalue weighted by Gasteiger charge is -2.22. The minimum atomic E-state index is -3.18. The second kappa shape index (κ2) is 10.3. The second-order valence-electron chi connectivity index (χ2n) is 9.99. The molecule has 0 aromatic heterocycles. The van der Waals surface area contributed by atoms with Gasteiger partial charge in [0.25, 0.3) is 0 Å². The van der Waals surface area contributed by atoms with E-state index in [0.717, 1.165) is 42.4 Å². The predicted molar refractivity (Wildman–Crippen MR) is 118 cm³/mol. The van der Waals surface area contributed by atoms with Gasteiger partial charge in [-0.2, -0.15) is 0 Å². The van der Waals surface area contributed by atoms with Crippen molar-refractivity contribution in [3.63, 3.8) is 0 Å². The zero-order valence-corrected chi connectivity index (χ0v) is 20.1. The number of rotatable bonds is 10. The number of hydrogen-bond donors (Lipinski definition) is 1. The molecule has 0 saturated heterocycles. The molecule has 0 aliphatic carbocycles. The molecule has 1 rings (SSSR count). The molecule has 1 aromatic rings. The van der Waals surface area contributed by atoms with Crippen molar-refractivity contribution in [1.29, 1.82) is 0 Å².